The SMILES string of the molecule is CCOc1cc(C)c(-c2nc3ccccc3c(=O)n2N=Cc2cc(Cl)cc(OC)c2OCc2ccc(Br)cc2)cc1C(C)C. The van der Waals surface area contributed by atoms with Crippen LogP contribution in [0, 0.1) is 6.92 Å². The minimum absolute atomic E-state index is 0.185. The topological polar surface area (TPSA) is 74.9 Å². The lowest BCUT2D eigenvalue weighted by Crippen LogP contribution is -2.21. The number of methoxy groups -OCH3 is 1. The second kappa shape index (κ2) is 13.7. The second-order valence-electron chi connectivity index (χ2n) is 10.5. The van der Waals surface area contributed by atoms with Crippen molar-refractivity contribution in [1.29, 1.82) is 0 Å². The van der Waals surface area contributed by atoms with E-state index in [2.05, 4.69) is 29.8 Å². The average molecular weight is 675 g/mol. The smallest absolute Gasteiger partial charge is 0.282 e. The van der Waals surface area contributed by atoms with Gasteiger partial charge in [0.15, 0.2) is 17.3 Å². The summed E-state index contributed by atoms with van der Waals surface area (Å²) in [4.78, 5) is 18.9. The van der Waals surface area contributed by atoms with Gasteiger partial charge in [0, 0.05) is 26.7 Å². The van der Waals surface area contributed by atoms with Crippen molar-refractivity contribution in [2.75, 3.05) is 13.7 Å². The van der Waals surface area contributed by atoms with Crippen molar-refractivity contribution in [2.45, 2.75) is 40.2 Å². The normalized spacial score (nSPS) is 11.5. The van der Waals surface area contributed by atoms with Gasteiger partial charge < -0.3 is 14.2 Å². The summed E-state index contributed by atoms with van der Waals surface area (Å²) in [5.74, 6) is 2.32. The van der Waals surface area contributed by atoms with Crippen molar-refractivity contribution in [3.05, 3.63) is 115 Å². The van der Waals surface area contributed by atoms with Crippen LogP contribution in [-0.4, -0.2) is 29.6 Å². The molecule has 4 aromatic carbocycles. The predicted molar refractivity (Wildman–Crippen MR) is 181 cm³/mol. The van der Waals surface area contributed by atoms with E-state index in [0.29, 0.717) is 45.4 Å². The van der Waals surface area contributed by atoms with Crippen LogP contribution in [0.5, 0.6) is 17.2 Å². The summed E-state index contributed by atoms with van der Waals surface area (Å²) >= 11 is 9.93. The Morgan fingerprint density at radius 1 is 1.02 bits per heavy atom. The molecule has 0 atom stereocenters. The zero-order valence-corrected chi connectivity index (χ0v) is 27.6. The lowest BCUT2D eigenvalue weighted by Gasteiger charge is -2.18. The van der Waals surface area contributed by atoms with Crippen molar-refractivity contribution in [3.63, 3.8) is 0 Å². The molecule has 0 saturated carbocycles. The minimum atomic E-state index is -0.299. The van der Waals surface area contributed by atoms with Crippen molar-refractivity contribution in [3.8, 4) is 28.6 Å². The molecule has 0 amide bonds. The molecule has 0 aliphatic carbocycles. The van der Waals surface area contributed by atoms with Gasteiger partial charge in [-0.3, -0.25) is 4.79 Å². The summed E-state index contributed by atoms with van der Waals surface area (Å²) in [6, 6.07) is 22.6. The van der Waals surface area contributed by atoms with Crippen LogP contribution in [0.4, 0.5) is 0 Å². The van der Waals surface area contributed by atoms with Crippen LogP contribution < -0.4 is 19.8 Å². The molecule has 0 unspecified atom stereocenters. The number of hydrogen-bond donors (Lipinski definition) is 0. The molecule has 7 nitrogen and oxygen atoms in total. The fourth-order valence-electron chi connectivity index (χ4n) is 4.92. The van der Waals surface area contributed by atoms with E-state index in [9.17, 15) is 4.79 Å². The highest BCUT2D eigenvalue weighted by Crippen LogP contribution is 2.36. The number of aromatic nitrogens is 2. The van der Waals surface area contributed by atoms with Crippen molar-refractivity contribution in [1.82, 2.24) is 9.66 Å². The second-order valence-corrected chi connectivity index (χ2v) is 11.9. The first-order valence-corrected chi connectivity index (χ1v) is 15.5. The number of nitrogens with zero attached hydrogens (tertiary/aromatic N) is 3. The molecule has 0 aliphatic heterocycles. The summed E-state index contributed by atoms with van der Waals surface area (Å²) in [6.45, 7) is 9.01. The zero-order chi connectivity index (χ0) is 31.4. The maximum atomic E-state index is 14.0. The van der Waals surface area contributed by atoms with E-state index in [4.69, 9.17) is 35.9 Å². The standard InChI is InChI=1S/C35H33BrClN3O4/c1-6-43-31-15-22(4)29(18-28(31)21(2)3)34-39-30-10-8-7-9-27(30)35(41)40(34)38-19-24-16-26(37)17-32(42-5)33(24)44-20-23-11-13-25(36)14-12-23/h7-19,21H,6,20H2,1-5H3. The van der Waals surface area contributed by atoms with E-state index in [0.717, 1.165) is 32.5 Å². The van der Waals surface area contributed by atoms with Crippen LogP contribution >= 0.6 is 27.5 Å². The van der Waals surface area contributed by atoms with E-state index < -0.39 is 0 Å². The molecule has 0 fully saturated rings. The predicted octanol–water partition coefficient (Wildman–Crippen LogP) is 8.78. The van der Waals surface area contributed by atoms with Gasteiger partial charge >= 0.3 is 0 Å². The zero-order valence-electron chi connectivity index (χ0n) is 25.2. The molecule has 0 bridgehead atoms. The summed E-state index contributed by atoms with van der Waals surface area (Å²) in [7, 11) is 1.55. The fourth-order valence-corrected chi connectivity index (χ4v) is 5.40. The quantitative estimate of drug-likeness (QED) is 0.139. The Morgan fingerprint density at radius 2 is 1.77 bits per heavy atom. The van der Waals surface area contributed by atoms with E-state index >= 15 is 0 Å². The molecule has 0 saturated heterocycles. The third-order valence-electron chi connectivity index (χ3n) is 7.15. The van der Waals surface area contributed by atoms with Gasteiger partial charge in [-0.05, 0) is 78.9 Å². The van der Waals surface area contributed by atoms with E-state index in [1.165, 1.54) is 4.68 Å². The average Bonchev–Trinajstić information content (AvgIpc) is 3.00. The first kappa shape index (κ1) is 31.3. The Kier molecular flexibility index (Phi) is 9.71. The van der Waals surface area contributed by atoms with Crippen LogP contribution in [0.3, 0.4) is 0 Å². The number of rotatable bonds is 10. The Hall–Kier alpha value is -4.14. The Labute approximate surface area is 270 Å². The van der Waals surface area contributed by atoms with Gasteiger partial charge in [0.2, 0.25) is 0 Å². The summed E-state index contributed by atoms with van der Waals surface area (Å²) in [5, 5.41) is 5.60. The lowest BCUT2D eigenvalue weighted by atomic mass is 9.96. The van der Waals surface area contributed by atoms with E-state index in [1.807, 2.05) is 68.4 Å². The maximum absolute atomic E-state index is 14.0. The Balaban J connectivity index is 1.67. The molecule has 0 spiro atoms. The number of ether oxygens (including phenoxy) is 3. The Bertz CT molecular complexity index is 1900. The van der Waals surface area contributed by atoms with E-state index in [1.54, 1.807) is 31.5 Å². The fraction of sp³-hybridized carbons (Fsp3) is 0.229. The molecule has 0 N–H and O–H groups in total. The molecule has 9 heteroatoms. The molecule has 5 aromatic rings. The summed E-state index contributed by atoms with van der Waals surface area (Å²) in [5.41, 5.74) is 4.52. The third kappa shape index (κ3) is 6.66. The molecular formula is C35H33BrClN3O4. The lowest BCUT2D eigenvalue weighted by molar-refractivity contribution is 0.284. The number of benzene rings is 4. The number of para-hydroxylation sites is 1. The van der Waals surface area contributed by atoms with Crippen LogP contribution in [-0.2, 0) is 6.61 Å². The van der Waals surface area contributed by atoms with Gasteiger partial charge in [-0.2, -0.15) is 9.78 Å². The number of aryl methyl sites for hydroxylation is 1. The highest BCUT2D eigenvalue weighted by Gasteiger charge is 2.19. The van der Waals surface area contributed by atoms with Crippen molar-refractivity contribution >= 4 is 44.6 Å². The van der Waals surface area contributed by atoms with Crippen LogP contribution in [0.2, 0.25) is 5.02 Å². The summed E-state index contributed by atoms with van der Waals surface area (Å²) in [6.07, 6.45) is 1.56. The Morgan fingerprint density at radius 3 is 2.48 bits per heavy atom. The van der Waals surface area contributed by atoms with Crippen molar-refractivity contribution < 1.29 is 14.2 Å². The molecular weight excluding hydrogens is 642 g/mol. The number of fused-ring (bicyclic) bond motifs is 1. The first-order valence-electron chi connectivity index (χ1n) is 14.3. The van der Waals surface area contributed by atoms with Crippen LogP contribution in [0.1, 0.15) is 48.9 Å². The van der Waals surface area contributed by atoms with Gasteiger partial charge in [-0.25, -0.2) is 4.98 Å². The molecule has 1 heterocycles. The van der Waals surface area contributed by atoms with Crippen molar-refractivity contribution in [2.24, 2.45) is 5.10 Å². The van der Waals surface area contributed by atoms with Gasteiger partial charge in [-0.15, -0.1) is 0 Å². The molecule has 226 valence electrons. The molecule has 5 rings (SSSR count). The summed E-state index contributed by atoms with van der Waals surface area (Å²) < 4.78 is 20.1. The third-order valence-corrected chi connectivity index (χ3v) is 7.90. The van der Waals surface area contributed by atoms with Crippen LogP contribution in [0.15, 0.2) is 87.2 Å². The maximum Gasteiger partial charge on any atom is 0.282 e. The molecule has 44 heavy (non-hydrogen) atoms. The highest BCUT2D eigenvalue weighted by atomic mass is 79.9. The first-order chi connectivity index (χ1) is 21.2. The molecule has 0 radical (unpaired) electrons. The number of hydrogen-bond acceptors (Lipinski definition) is 6. The molecule has 1 aromatic heterocycles. The van der Waals surface area contributed by atoms with Gasteiger partial charge in [0.05, 0.1) is 30.8 Å². The largest absolute Gasteiger partial charge is 0.494 e. The van der Waals surface area contributed by atoms with Gasteiger partial charge in [-0.1, -0.05) is 65.6 Å². The number of halogens is 2. The monoisotopic (exact) mass is 673 g/mol. The highest BCUT2D eigenvalue weighted by molar-refractivity contribution is 9.10. The van der Waals surface area contributed by atoms with E-state index in [-0.39, 0.29) is 18.1 Å². The molecule has 0 aliphatic rings. The van der Waals surface area contributed by atoms with Crippen LogP contribution in [0.25, 0.3) is 22.3 Å². The van der Waals surface area contributed by atoms with Gasteiger partial charge in [0.1, 0.15) is 12.4 Å². The minimum Gasteiger partial charge on any atom is -0.494 e. The van der Waals surface area contributed by atoms with Gasteiger partial charge in [0.25, 0.3) is 5.56 Å².